The highest BCUT2D eigenvalue weighted by Crippen LogP contribution is 2.02. The van der Waals surface area contributed by atoms with Gasteiger partial charge in [0.25, 0.3) is 0 Å². The normalized spacial score (nSPS) is 9.17. The van der Waals surface area contributed by atoms with Crippen LogP contribution in [0.5, 0.6) is 6.01 Å². The van der Waals surface area contributed by atoms with Crippen LogP contribution in [0.2, 0.25) is 0 Å². The summed E-state index contributed by atoms with van der Waals surface area (Å²) in [5, 5.41) is 7.26. The van der Waals surface area contributed by atoms with Crippen molar-refractivity contribution in [3.05, 3.63) is 18.0 Å². The van der Waals surface area contributed by atoms with Gasteiger partial charge >= 0.3 is 6.01 Å². The second-order valence-electron chi connectivity index (χ2n) is 1.99. The van der Waals surface area contributed by atoms with Gasteiger partial charge in [-0.15, -0.1) is 0 Å². The molecule has 0 aliphatic carbocycles. The molecule has 1 N–H and O–H groups in total. The Labute approximate surface area is 69.9 Å². The highest BCUT2D eigenvalue weighted by Gasteiger charge is 2.01. The maximum Gasteiger partial charge on any atom is 0.316 e. The predicted molar refractivity (Wildman–Crippen MR) is 42.4 cm³/mol. The van der Waals surface area contributed by atoms with Crippen LogP contribution in [0, 0.1) is 5.41 Å². The molecule has 1 rings (SSSR count). The maximum atomic E-state index is 7.26. The molecule has 0 spiro atoms. The minimum Gasteiger partial charge on any atom is -0.481 e. The molecule has 0 bridgehead atoms. The number of hydrogen-bond donors (Lipinski definition) is 1. The molecule has 5 heteroatoms. The van der Waals surface area contributed by atoms with Gasteiger partial charge in [0.2, 0.25) is 5.90 Å². The molecule has 0 aliphatic heterocycles. The predicted octanol–water partition coefficient (Wildman–Crippen LogP) is 0.457. The van der Waals surface area contributed by atoms with Crippen LogP contribution in [0.15, 0.2) is 12.4 Å². The van der Waals surface area contributed by atoms with E-state index in [0.29, 0.717) is 5.56 Å². The van der Waals surface area contributed by atoms with Crippen LogP contribution in [-0.4, -0.2) is 30.1 Å². The Bertz CT molecular complexity index is 270. The van der Waals surface area contributed by atoms with Crippen LogP contribution in [0.25, 0.3) is 0 Å². The Morgan fingerprint density at radius 2 is 1.92 bits per heavy atom. The quantitative estimate of drug-likeness (QED) is 0.513. The lowest BCUT2D eigenvalue weighted by molar-refractivity contribution is 0.378. The van der Waals surface area contributed by atoms with E-state index in [2.05, 4.69) is 14.7 Å². The van der Waals surface area contributed by atoms with Gasteiger partial charge in [0.15, 0.2) is 0 Å². The molecule has 0 aromatic carbocycles. The van der Waals surface area contributed by atoms with Gasteiger partial charge in [0, 0.05) is 12.4 Å². The molecule has 0 aliphatic rings. The monoisotopic (exact) mass is 167 g/mol. The van der Waals surface area contributed by atoms with Crippen molar-refractivity contribution in [1.29, 1.82) is 5.41 Å². The first-order valence-electron chi connectivity index (χ1n) is 3.27. The summed E-state index contributed by atoms with van der Waals surface area (Å²) >= 11 is 0. The minimum absolute atomic E-state index is 0.0395. The van der Waals surface area contributed by atoms with Crippen LogP contribution < -0.4 is 4.74 Å². The van der Waals surface area contributed by atoms with Crippen molar-refractivity contribution in [3.8, 4) is 6.01 Å². The molecule has 12 heavy (non-hydrogen) atoms. The molecule has 1 aromatic heterocycles. The van der Waals surface area contributed by atoms with Crippen LogP contribution in [0.3, 0.4) is 0 Å². The SMILES string of the molecule is COC(=N)c1cnc(OC)nc1. The highest BCUT2D eigenvalue weighted by molar-refractivity contribution is 5.90. The lowest BCUT2D eigenvalue weighted by Gasteiger charge is -2.01. The number of hydrogen-bond acceptors (Lipinski definition) is 5. The fraction of sp³-hybridized carbons (Fsp3) is 0.286. The molecule has 1 aromatic rings. The average Bonchev–Trinajstić information content (AvgIpc) is 2.17. The van der Waals surface area contributed by atoms with Gasteiger partial charge < -0.3 is 9.47 Å². The van der Waals surface area contributed by atoms with Crippen molar-refractivity contribution in [2.75, 3.05) is 14.2 Å². The highest BCUT2D eigenvalue weighted by atomic mass is 16.5. The fourth-order valence-electron chi connectivity index (χ4n) is 0.657. The van der Waals surface area contributed by atoms with Gasteiger partial charge in [-0.25, -0.2) is 9.97 Å². The number of ether oxygens (including phenoxy) is 2. The molecular weight excluding hydrogens is 158 g/mol. The van der Waals surface area contributed by atoms with E-state index in [1.165, 1.54) is 26.6 Å². The number of methoxy groups -OCH3 is 2. The molecule has 0 saturated heterocycles. The van der Waals surface area contributed by atoms with E-state index in [1.807, 2.05) is 0 Å². The third-order valence-electron chi connectivity index (χ3n) is 1.28. The third-order valence-corrected chi connectivity index (χ3v) is 1.28. The van der Waals surface area contributed by atoms with Crippen molar-refractivity contribution in [1.82, 2.24) is 9.97 Å². The van der Waals surface area contributed by atoms with Crippen molar-refractivity contribution in [3.63, 3.8) is 0 Å². The number of nitrogens with zero attached hydrogens (tertiary/aromatic N) is 2. The van der Waals surface area contributed by atoms with Gasteiger partial charge in [0.1, 0.15) is 0 Å². The first-order chi connectivity index (χ1) is 5.77. The Morgan fingerprint density at radius 3 is 2.33 bits per heavy atom. The Balaban J connectivity index is 2.84. The number of nitrogens with one attached hydrogen (secondary N) is 1. The van der Waals surface area contributed by atoms with Gasteiger partial charge in [-0.2, -0.15) is 0 Å². The number of aromatic nitrogens is 2. The van der Waals surface area contributed by atoms with Crippen LogP contribution >= 0.6 is 0 Å². The van der Waals surface area contributed by atoms with Crippen molar-refractivity contribution in [2.45, 2.75) is 0 Å². The van der Waals surface area contributed by atoms with Crippen molar-refractivity contribution in [2.24, 2.45) is 0 Å². The van der Waals surface area contributed by atoms with E-state index >= 15 is 0 Å². The van der Waals surface area contributed by atoms with Gasteiger partial charge in [-0.05, 0) is 0 Å². The second-order valence-corrected chi connectivity index (χ2v) is 1.99. The van der Waals surface area contributed by atoms with Gasteiger partial charge in [-0.3, -0.25) is 5.41 Å². The minimum atomic E-state index is 0.0395. The molecule has 0 radical (unpaired) electrons. The summed E-state index contributed by atoms with van der Waals surface area (Å²) in [6.07, 6.45) is 2.94. The molecular formula is C7H9N3O2. The van der Waals surface area contributed by atoms with Crippen LogP contribution in [0.4, 0.5) is 0 Å². The number of rotatable bonds is 2. The Morgan fingerprint density at radius 1 is 1.33 bits per heavy atom. The van der Waals surface area contributed by atoms with Crippen LogP contribution in [0.1, 0.15) is 5.56 Å². The fourth-order valence-corrected chi connectivity index (χ4v) is 0.657. The lowest BCUT2D eigenvalue weighted by atomic mass is 10.3. The topological polar surface area (TPSA) is 68.1 Å². The molecule has 5 nitrogen and oxygen atoms in total. The van der Waals surface area contributed by atoms with E-state index in [-0.39, 0.29) is 11.9 Å². The standard InChI is InChI=1S/C7H9N3O2/c1-11-6(8)5-3-9-7(12-2)10-4-5/h3-4,8H,1-2H3. The maximum absolute atomic E-state index is 7.26. The second kappa shape index (κ2) is 3.66. The summed E-state index contributed by atoms with van der Waals surface area (Å²) < 4.78 is 9.42. The molecule has 0 atom stereocenters. The van der Waals surface area contributed by atoms with E-state index in [1.54, 1.807) is 0 Å². The zero-order valence-electron chi connectivity index (χ0n) is 6.87. The summed E-state index contributed by atoms with van der Waals surface area (Å²) in [5.74, 6) is 0.0395. The summed E-state index contributed by atoms with van der Waals surface area (Å²) in [4.78, 5) is 7.62. The Hall–Kier alpha value is -1.65. The largest absolute Gasteiger partial charge is 0.481 e. The summed E-state index contributed by atoms with van der Waals surface area (Å²) in [6, 6.07) is 0.280. The molecule has 0 unspecified atom stereocenters. The molecule has 64 valence electrons. The average molecular weight is 167 g/mol. The van der Waals surface area contributed by atoms with E-state index in [9.17, 15) is 0 Å². The van der Waals surface area contributed by atoms with Crippen molar-refractivity contribution >= 4 is 5.90 Å². The molecule has 0 amide bonds. The van der Waals surface area contributed by atoms with E-state index in [0.717, 1.165) is 0 Å². The first kappa shape index (κ1) is 8.45. The van der Waals surface area contributed by atoms with Crippen LogP contribution in [-0.2, 0) is 4.74 Å². The van der Waals surface area contributed by atoms with Gasteiger partial charge in [0.05, 0.1) is 19.8 Å². The lowest BCUT2D eigenvalue weighted by Crippen LogP contribution is -2.03. The zero-order valence-corrected chi connectivity index (χ0v) is 6.87. The first-order valence-corrected chi connectivity index (χ1v) is 3.27. The van der Waals surface area contributed by atoms with E-state index in [4.69, 9.17) is 10.1 Å². The summed E-state index contributed by atoms with van der Waals surface area (Å²) in [5.41, 5.74) is 0.526. The molecule has 0 saturated carbocycles. The zero-order chi connectivity index (χ0) is 8.97. The Kier molecular flexibility index (Phi) is 2.57. The summed E-state index contributed by atoms with van der Waals surface area (Å²) in [6.45, 7) is 0. The summed E-state index contributed by atoms with van der Waals surface area (Å²) in [7, 11) is 2.91. The smallest absolute Gasteiger partial charge is 0.316 e. The van der Waals surface area contributed by atoms with E-state index < -0.39 is 0 Å². The van der Waals surface area contributed by atoms with Gasteiger partial charge in [-0.1, -0.05) is 0 Å². The molecule has 1 heterocycles. The van der Waals surface area contributed by atoms with Crippen molar-refractivity contribution < 1.29 is 9.47 Å². The third kappa shape index (κ3) is 1.69. The molecule has 0 fully saturated rings.